The van der Waals surface area contributed by atoms with Crippen LogP contribution in [0.1, 0.15) is 0 Å². The summed E-state index contributed by atoms with van der Waals surface area (Å²) in [5.41, 5.74) is 2.05. The van der Waals surface area contributed by atoms with Gasteiger partial charge in [-0.05, 0) is 24.3 Å². The van der Waals surface area contributed by atoms with E-state index in [-0.39, 0.29) is 0 Å². The highest BCUT2D eigenvalue weighted by Crippen LogP contribution is 2.11. The molecule has 16 heavy (non-hydrogen) atoms. The lowest BCUT2D eigenvalue weighted by atomic mass is 10.3. The van der Waals surface area contributed by atoms with E-state index in [0.717, 1.165) is 17.2 Å². The van der Waals surface area contributed by atoms with Gasteiger partial charge in [0.2, 0.25) is 0 Å². The maximum Gasteiger partial charge on any atom is 0.100 e. The number of benzene rings is 2. The minimum Gasteiger partial charge on any atom is -0.342 e. The quantitative estimate of drug-likeness (QED) is 0.804. The summed E-state index contributed by atoms with van der Waals surface area (Å²) >= 11 is 0. The highest BCUT2D eigenvalue weighted by Gasteiger charge is 1.94. The molecule has 0 heterocycles. The first-order valence-electron chi connectivity index (χ1n) is 5.17. The van der Waals surface area contributed by atoms with Gasteiger partial charge in [-0.1, -0.05) is 43.0 Å². The Hall–Kier alpha value is -2.22. The first-order valence-corrected chi connectivity index (χ1v) is 5.17. The maximum atomic E-state index is 3.92. The largest absolute Gasteiger partial charge is 0.342 e. The van der Waals surface area contributed by atoms with Crippen molar-refractivity contribution in [2.24, 2.45) is 0 Å². The van der Waals surface area contributed by atoms with Gasteiger partial charge in [-0.3, -0.25) is 0 Å². The third kappa shape index (κ3) is 2.89. The highest BCUT2D eigenvalue weighted by atomic mass is 15.1. The van der Waals surface area contributed by atoms with Crippen molar-refractivity contribution in [1.29, 1.82) is 0 Å². The molecular formula is C14H14N2. The number of rotatable bonds is 4. The molecule has 80 valence electrons. The predicted octanol–water partition coefficient (Wildman–Crippen LogP) is 3.68. The molecule has 0 aliphatic heterocycles. The monoisotopic (exact) mass is 210 g/mol. The minimum absolute atomic E-state index is 0.761. The lowest BCUT2D eigenvalue weighted by Crippen LogP contribution is -2.07. The van der Waals surface area contributed by atoms with E-state index in [1.54, 1.807) is 0 Å². The zero-order valence-electron chi connectivity index (χ0n) is 8.98. The van der Waals surface area contributed by atoms with Gasteiger partial charge in [0.15, 0.2) is 0 Å². The standard InChI is InChI=1S/C14H14N2/c1-12(15-13-8-4-2-5-9-13)16-14-10-6-3-7-11-14/h2-11,15-16H,1H2. The van der Waals surface area contributed by atoms with Crippen molar-refractivity contribution in [2.45, 2.75) is 0 Å². The van der Waals surface area contributed by atoms with Gasteiger partial charge in [0, 0.05) is 11.4 Å². The Balaban J connectivity index is 1.95. The van der Waals surface area contributed by atoms with Crippen molar-refractivity contribution in [3.63, 3.8) is 0 Å². The summed E-state index contributed by atoms with van der Waals surface area (Å²) in [6.07, 6.45) is 0. The van der Waals surface area contributed by atoms with Crippen molar-refractivity contribution in [1.82, 2.24) is 0 Å². The molecule has 2 aromatic carbocycles. The maximum absolute atomic E-state index is 3.92. The van der Waals surface area contributed by atoms with E-state index in [2.05, 4.69) is 17.2 Å². The number of para-hydroxylation sites is 2. The number of anilines is 2. The molecule has 0 radical (unpaired) electrons. The Morgan fingerprint density at radius 1 is 0.688 bits per heavy atom. The molecule has 0 aliphatic rings. The Bertz CT molecular complexity index is 405. The van der Waals surface area contributed by atoms with Crippen LogP contribution in [-0.2, 0) is 0 Å². The molecule has 0 aliphatic carbocycles. The Morgan fingerprint density at radius 2 is 1.06 bits per heavy atom. The zero-order chi connectivity index (χ0) is 11.2. The van der Waals surface area contributed by atoms with E-state index in [1.807, 2.05) is 60.7 Å². The zero-order valence-corrected chi connectivity index (χ0v) is 8.98. The Morgan fingerprint density at radius 3 is 1.44 bits per heavy atom. The first-order chi connectivity index (χ1) is 7.84. The second-order valence-electron chi connectivity index (χ2n) is 3.46. The Kier molecular flexibility index (Phi) is 3.24. The van der Waals surface area contributed by atoms with E-state index >= 15 is 0 Å². The highest BCUT2D eigenvalue weighted by molar-refractivity contribution is 5.54. The summed E-state index contributed by atoms with van der Waals surface area (Å²) < 4.78 is 0. The second kappa shape index (κ2) is 5.03. The number of nitrogens with one attached hydrogen (secondary N) is 2. The van der Waals surface area contributed by atoms with E-state index in [4.69, 9.17) is 0 Å². The van der Waals surface area contributed by atoms with Crippen molar-refractivity contribution >= 4 is 11.4 Å². The summed E-state index contributed by atoms with van der Waals surface area (Å²) in [4.78, 5) is 0. The molecule has 0 spiro atoms. The van der Waals surface area contributed by atoms with Crippen LogP contribution in [0.25, 0.3) is 0 Å². The molecule has 0 atom stereocenters. The van der Waals surface area contributed by atoms with Gasteiger partial charge in [0.1, 0.15) is 5.82 Å². The van der Waals surface area contributed by atoms with E-state index in [1.165, 1.54) is 0 Å². The summed E-state index contributed by atoms with van der Waals surface area (Å²) in [5.74, 6) is 0.761. The molecule has 0 saturated heterocycles. The minimum atomic E-state index is 0.761. The van der Waals surface area contributed by atoms with Crippen molar-refractivity contribution < 1.29 is 0 Å². The van der Waals surface area contributed by atoms with Crippen LogP contribution < -0.4 is 10.6 Å². The molecule has 0 amide bonds. The molecule has 0 fully saturated rings. The molecule has 0 bridgehead atoms. The van der Waals surface area contributed by atoms with Gasteiger partial charge in [-0.2, -0.15) is 0 Å². The lowest BCUT2D eigenvalue weighted by molar-refractivity contribution is 1.38. The average Bonchev–Trinajstić information content (AvgIpc) is 2.31. The van der Waals surface area contributed by atoms with Crippen LogP contribution in [-0.4, -0.2) is 0 Å². The van der Waals surface area contributed by atoms with Crippen molar-refractivity contribution in [3.05, 3.63) is 73.1 Å². The summed E-state index contributed by atoms with van der Waals surface area (Å²) in [7, 11) is 0. The van der Waals surface area contributed by atoms with E-state index in [0.29, 0.717) is 0 Å². The van der Waals surface area contributed by atoms with Gasteiger partial charge in [-0.25, -0.2) is 0 Å². The van der Waals surface area contributed by atoms with Crippen LogP contribution in [0.2, 0.25) is 0 Å². The smallest absolute Gasteiger partial charge is 0.100 e. The first kappa shape index (κ1) is 10.3. The fraction of sp³-hybridized carbons (Fsp3) is 0. The molecule has 2 rings (SSSR count). The molecule has 0 unspecified atom stereocenters. The van der Waals surface area contributed by atoms with Crippen LogP contribution in [0.15, 0.2) is 73.1 Å². The molecule has 2 aromatic rings. The fourth-order valence-electron chi connectivity index (χ4n) is 1.42. The molecule has 2 heteroatoms. The molecule has 2 nitrogen and oxygen atoms in total. The molecule has 2 N–H and O–H groups in total. The number of hydrogen-bond acceptors (Lipinski definition) is 2. The van der Waals surface area contributed by atoms with Crippen LogP contribution in [0.3, 0.4) is 0 Å². The average molecular weight is 210 g/mol. The van der Waals surface area contributed by atoms with Crippen LogP contribution in [0, 0.1) is 0 Å². The molecular weight excluding hydrogens is 196 g/mol. The summed E-state index contributed by atoms with van der Waals surface area (Å²) in [5, 5.41) is 6.37. The van der Waals surface area contributed by atoms with Crippen molar-refractivity contribution in [3.8, 4) is 0 Å². The van der Waals surface area contributed by atoms with Gasteiger partial charge in [-0.15, -0.1) is 0 Å². The topological polar surface area (TPSA) is 24.1 Å². The van der Waals surface area contributed by atoms with Gasteiger partial charge in [0.05, 0.1) is 0 Å². The van der Waals surface area contributed by atoms with Crippen LogP contribution >= 0.6 is 0 Å². The van der Waals surface area contributed by atoms with Crippen LogP contribution in [0.5, 0.6) is 0 Å². The summed E-state index contributed by atoms with van der Waals surface area (Å²) in [6, 6.07) is 19.9. The fourth-order valence-corrected chi connectivity index (χ4v) is 1.42. The molecule has 0 saturated carbocycles. The third-order valence-electron chi connectivity index (χ3n) is 2.14. The van der Waals surface area contributed by atoms with Crippen LogP contribution in [0.4, 0.5) is 11.4 Å². The van der Waals surface area contributed by atoms with E-state index < -0.39 is 0 Å². The normalized spacial score (nSPS) is 9.50. The van der Waals surface area contributed by atoms with Gasteiger partial charge >= 0.3 is 0 Å². The Labute approximate surface area is 95.6 Å². The van der Waals surface area contributed by atoms with Gasteiger partial charge in [0.25, 0.3) is 0 Å². The third-order valence-corrected chi connectivity index (χ3v) is 2.14. The van der Waals surface area contributed by atoms with Crippen molar-refractivity contribution in [2.75, 3.05) is 10.6 Å². The van der Waals surface area contributed by atoms with Gasteiger partial charge < -0.3 is 10.6 Å². The summed E-state index contributed by atoms with van der Waals surface area (Å²) in [6.45, 7) is 3.92. The molecule has 0 aromatic heterocycles. The predicted molar refractivity (Wildman–Crippen MR) is 69.3 cm³/mol. The lowest BCUT2D eigenvalue weighted by Gasteiger charge is -2.11. The number of hydrogen-bond donors (Lipinski definition) is 2. The van der Waals surface area contributed by atoms with E-state index in [9.17, 15) is 0 Å². The SMILES string of the molecule is C=C(Nc1ccccc1)Nc1ccccc1. The second-order valence-corrected chi connectivity index (χ2v) is 3.46.